The van der Waals surface area contributed by atoms with Gasteiger partial charge in [0.25, 0.3) is 5.91 Å². The fourth-order valence-electron chi connectivity index (χ4n) is 3.40. The van der Waals surface area contributed by atoms with Crippen molar-refractivity contribution in [2.24, 2.45) is 0 Å². The molecule has 0 fully saturated rings. The number of carboxylic acid groups (broad SMARTS) is 1. The number of hydrogen-bond acceptors (Lipinski definition) is 5. The minimum Gasteiger partial charge on any atom is -0.493 e. The van der Waals surface area contributed by atoms with E-state index in [2.05, 4.69) is 15.6 Å². The maximum Gasteiger partial charge on any atom is 0.410 e. The molecule has 0 bridgehead atoms. The number of aryl methyl sites for hydroxylation is 1. The summed E-state index contributed by atoms with van der Waals surface area (Å²) in [5, 5.41) is 16.7. The Kier molecular flexibility index (Phi) is 7.64. The van der Waals surface area contributed by atoms with Crippen molar-refractivity contribution in [3.05, 3.63) is 94.0 Å². The molecule has 7 nitrogen and oxygen atoms in total. The molecule has 3 aromatic carbocycles. The zero-order chi connectivity index (χ0) is 24.8. The van der Waals surface area contributed by atoms with Crippen LogP contribution in [0.3, 0.4) is 0 Å². The lowest BCUT2D eigenvalue weighted by Gasteiger charge is -2.12. The summed E-state index contributed by atoms with van der Waals surface area (Å²) in [5.41, 5.74) is 4.77. The van der Waals surface area contributed by atoms with E-state index in [0.29, 0.717) is 40.2 Å². The fourth-order valence-corrected chi connectivity index (χ4v) is 4.26. The zero-order valence-electron chi connectivity index (χ0n) is 18.7. The summed E-state index contributed by atoms with van der Waals surface area (Å²) in [5.74, 6) is 0.442. The van der Waals surface area contributed by atoms with Gasteiger partial charge in [0.15, 0.2) is 5.13 Å². The van der Waals surface area contributed by atoms with Gasteiger partial charge in [0.05, 0.1) is 12.3 Å². The summed E-state index contributed by atoms with van der Waals surface area (Å²) >= 11 is 7.24. The van der Waals surface area contributed by atoms with E-state index in [1.165, 1.54) is 11.3 Å². The van der Waals surface area contributed by atoms with Crippen LogP contribution in [0.4, 0.5) is 15.6 Å². The van der Waals surface area contributed by atoms with Crippen LogP contribution in [0.2, 0.25) is 5.02 Å². The van der Waals surface area contributed by atoms with Crippen LogP contribution in [-0.2, 0) is 6.42 Å². The molecule has 0 spiro atoms. The van der Waals surface area contributed by atoms with Crippen molar-refractivity contribution in [1.29, 1.82) is 0 Å². The fraction of sp³-hybridized carbons (Fsp3) is 0.115. The average molecular weight is 508 g/mol. The molecule has 9 heteroatoms. The van der Waals surface area contributed by atoms with Gasteiger partial charge in [0.1, 0.15) is 5.75 Å². The number of nitrogens with one attached hydrogen (secondary N) is 2. The molecule has 0 radical (unpaired) electrons. The van der Waals surface area contributed by atoms with Gasteiger partial charge in [0.2, 0.25) is 0 Å². The Balaban J connectivity index is 1.36. The van der Waals surface area contributed by atoms with E-state index in [1.54, 1.807) is 41.8 Å². The molecule has 0 saturated carbocycles. The molecule has 0 aliphatic rings. The lowest BCUT2D eigenvalue weighted by molar-refractivity contribution is 0.102. The average Bonchev–Trinajstić information content (AvgIpc) is 3.27. The molecule has 0 unspecified atom stereocenters. The number of carbonyl (C=O) groups is 2. The molecular formula is C26H22ClN3O4S. The maximum atomic E-state index is 13.1. The topological polar surface area (TPSA) is 101 Å². The van der Waals surface area contributed by atoms with Gasteiger partial charge < -0.3 is 15.2 Å². The highest BCUT2D eigenvalue weighted by atomic mass is 35.5. The number of halogens is 1. The number of thiazole rings is 1. The van der Waals surface area contributed by atoms with Gasteiger partial charge in [-0.05, 0) is 60.5 Å². The Morgan fingerprint density at radius 2 is 1.77 bits per heavy atom. The van der Waals surface area contributed by atoms with Gasteiger partial charge in [-0.1, -0.05) is 41.4 Å². The molecule has 0 atom stereocenters. The van der Waals surface area contributed by atoms with Gasteiger partial charge in [-0.2, -0.15) is 0 Å². The van der Waals surface area contributed by atoms with E-state index in [1.807, 2.05) is 37.3 Å². The number of carbonyl (C=O) groups excluding carboxylic acids is 1. The molecule has 0 aliphatic carbocycles. The summed E-state index contributed by atoms with van der Waals surface area (Å²) in [6, 6.07) is 20.2. The lowest BCUT2D eigenvalue weighted by Crippen LogP contribution is -2.13. The number of aromatic nitrogens is 1. The Bertz CT molecular complexity index is 1340. The molecule has 0 aliphatic heterocycles. The number of rotatable bonds is 8. The third kappa shape index (κ3) is 6.59. The highest BCUT2D eigenvalue weighted by molar-refractivity contribution is 7.13. The van der Waals surface area contributed by atoms with Crippen LogP contribution in [0.15, 0.2) is 72.1 Å². The number of nitrogens with zero attached hydrogens (tertiary/aromatic N) is 1. The van der Waals surface area contributed by atoms with Crippen LogP contribution in [0.25, 0.3) is 11.1 Å². The summed E-state index contributed by atoms with van der Waals surface area (Å²) in [6.45, 7) is 2.37. The lowest BCUT2D eigenvalue weighted by atomic mass is 9.97. The zero-order valence-corrected chi connectivity index (χ0v) is 20.3. The van der Waals surface area contributed by atoms with E-state index in [4.69, 9.17) is 21.4 Å². The molecule has 35 heavy (non-hydrogen) atoms. The minimum absolute atomic E-state index is 0.210. The van der Waals surface area contributed by atoms with E-state index in [0.717, 1.165) is 22.4 Å². The first-order valence-electron chi connectivity index (χ1n) is 10.7. The van der Waals surface area contributed by atoms with Crippen LogP contribution < -0.4 is 15.4 Å². The van der Waals surface area contributed by atoms with Crippen LogP contribution in [0.1, 0.15) is 21.6 Å². The predicted molar refractivity (Wildman–Crippen MR) is 139 cm³/mol. The number of hydrogen-bond donors (Lipinski definition) is 3. The standard InChI is InChI=1S/C26H22ClN3O4S/c1-16-2-11-22(23(14-16)17-3-5-18(27)6-4-17)24(31)28-19-7-9-21(10-8-19)34-13-12-20-15-35-25(29-20)30-26(32)33/h2-11,14-15H,12-13H2,1H3,(H,28,31)(H,29,30)(H,32,33). The van der Waals surface area contributed by atoms with Crippen LogP contribution in [0.5, 0.6) is 5.75 Å². The monoisotopic (exact) mass is 507 g/mol. The van der Waals surface area contributed by atoms with E-state index in [9.17, 15) is 9.59 Å². The van der Waals surface area contributed by atoms with Gasteiger partial charge >= 0.3 is 6.09 Å². The van der Waals surface area contributed by atoms with Crippen molar-refractivity contribution in [1.82, 2.24) is 4.98 Å². The van der Waals surface area contributed by atoms with Gasteiger partial charge in [0, 0.05) is 28.1 Å². The van der Waals surface area contributed by atoms with E-state index < -0.39 is 6.09 Å². The third-order valence-corrected chi connectivity index (χ3v) is 6.14. The molecule has 3 N–H and O–H groups in total. The molecule has 0 saturated heterocycles. The molecular weight excluding hydrogens is 486 g/mol. The predicted octanol–water partition coefficient (Wildman–Crippen LogP) is 6.74. The van der Waals surface area contributed by atoms with Gasteiger partial charge in [-0.25, -0.2) is 9.78 Å². The van der Waals surface area contributed by atoms with Gasteiger partial charge in [-0.15, -0.1) is 11.3 Å². The number of amides is 2. The molecule has 1 heterocycles. The largest absolute Gasteiger partial charge is 0.493 e. The Morgan fingerprint density at radius 1 is 1.03 bits per heavy atom. The smallest absolute Gasteiger partial charge is 0.410 e. The number of benzene rings is 3. The van der Waals surface area contributed by atoms with Crippen LogP contribution in [-0.4, -0.2) is 28.7 Å². The summed E-state index contributed by atoms with van der Waals surface area (Å²) in [7, 11) is 0. The molecule has 4 aromatic rings. The highest BCUT2D eigenvalue weighted by Crippen LogP contribution is 2.27. The van der Waals surface area contributed by atoms with Crippen molar-refractivity contribution in [3.63, 3.8) is 0 Å². The normalized spacial score (nSPS) is 10.6. The second kappa shape index (κ2) is 11.0. The highest BCUT2D eigenvalue weighted by Gasteiger charge is 2.14. The van der Waals surface area contributed by atoms with Crippen molar-refractivity contribution in [2.75, 3.05) is 17.2 Å². The number of anilines is 2. The summed E-state index contributed by atoms with van der Waals surface area (Å²) < 4.78 is 5.75. The Morgan fingerprint density at radius 3 is 2.49 bits per heavy atom. The first kappa shape index (κ1) is 24.3. The van der Waals surface area contributed by atoms with Crippen molar-refractivity contribution < 1.29 is 19.4 Å². The molecule has 4 rings (SSSR count). The maximum absolute atomic E-state index is 13.1. The number of ether oxygens (including phenoxy) is 1. The van der Waals surface area contributed by atoms with E-state index >= 15 is 0 Å². The van der Waals surface area contributed by atoms with Crippen molar-refractivity contribution >= 4 is 45.8 Å². The Hall–Kier alpha value is -3.88. The first-order valence-corrected chi connectivity index (χ1v) is 12.0. The minimum atomic E-state index is -1.14. The van der Waals surface area contributed by atoms with Gasteiger partial charge in [-0.3, -0.25) is 10.1 Å². The molecule has 178 valence electrons. The third-order valence-electron chi connectivity index (χ3n) is 5.08. The van der Waals surface area contributed by atoms with Crippen LogP contribution >= 0.6 is 22.9 Å². The van der Waals surface area contributed by atoms with Crippen LogP contribution in [0, 0.1) is 6.92 Å². The summed E-state index contributed by atoms with van der Waals surface area (Å²) in [4.78, 5) is 27.9. The molecule has 2 amide bonds. The van der Waals surface area contributed by atoms with Crippen molar-refractivity contribution in [3.8, 4) is 16.9 Å². The SMILES string of the molecule is Cc1ccc(C(=O)Nc2ccc(OCCc3csc(NC(=O)O)n3)cc2)c(-c2ccc(Cl)cc2)c1. The molecule has 1 aromatic heterocycles. The quantitative estimate of drug-likeness (QED) is 0.245. The van der Waals surface area contributed by atoms with Crippen molar-refractivity contribution in [2.45, 2.75) is 13.3 Å². The first-order chi connectivity index (χ1) is 16.9. The second-order valence-corrected chi connectivity index (χ2v) is 9.00. The Labute approximate surface area is 211 Å². The van der Waals surface area contributed by atoms with E-state index in [-0.39, 0.29) is 5.91 Å². The summed E-state index contributed by atoms with van der Waals surface area (Å²) in [6.07, 6.45) is -0.602. The second-order valence-electron chi connectivity index (χ2n) is 7.71.